The van der Waals surface area contributed by atoms with Crippen molar-refractivity contribution < 1.29 is 9.59 Å². The zero-order chi connectivity index (χ0) is 39.8. The average molecular weight is 854 g/mol. The molecule has 0 unspecified atom stereocenters. The van der Waals surface area contributed by atoms with Crippen LogP contribution in [0.15, 0.2) is 197 Å². The third-order valence-electron chi connectivity index (χ3n) is 7.42. The first-order valence-electron chi connectivity index (χ1n) is 17.4. The molecule has 0 aliphatic rings. The lowest BCUT2D eigenvalue weighted by Crippen LogP contribution is -2.05. The van der Waals surface area contributed by atoms with Gasteiger partial charge >= 0.3 is 0 Å². The molecule has 0 spiro atoms. The van der Waals surface area contributed by atoms with Crippen molar-refractivity contribution in [3.05, 3.63) is 225 Å². The summed E-state index contributed by atoms with van der Waals surface area (Å²) in [6.07, 6.45) is 0. The Kier molecular flexibility index (Phi) is 19.0. The van der Waals surface area contributed by atoms with Crippen LogP contribution < -0.4 is 17.2 Å². The summed E-state index contributed by atoms with van der Waals surface area (Å²) in [4.78, 5) is 24.5. The van der Waals surface area contributed by atoms with E-state index in [0.29, 0.717) is 22.4 Å². The Balaban J connectivity index is 0.000000208. The number of rotatable bonds is 5. The molecule has 0 aliphatic carbocycles. The minimum absolute atomic E-state index is 0.0501. The van der Waals surface area contributed by atoms with Crippen molar-refractivity contribution in [1.29, 1.82) is 0 Å². The van der Waals surface area contributed by atoms with Gasteiger partial charge in [-0.15, -0.1) is 0 Å². The highest BCUT2D eigenvalue weighted by Crippen LogP contribution is 2.25. The van der Waals surface area contributed by atoms with Crippen LogP contribution in [0.1, 0.15) is 51.3 Å². The normalized spacial score (nSPS) is 9.31. The number of nitrogens with two attached hydrogens (primary N) is 3. The molecule has 0 fully saturated rings. The quantitative estimate of drug-likeness (QED) is 0.0691. The maximum atomic E-state index is 12.6. The minimum Gasteiger partial charge on any atom is -0.399 e. The van der Waals surface area contributed by atoms with Gasteiger partial charge in [0.2, 0.25) is 0 Å². The van der Waals surface area contributed by atoms with Crippen LogP contribution in [0.3, 0.4) is 0 Å². The van der Waals surface area contributed by atoms with E-state index < -0.39 is 0 Å². The number of ketones is 2. The molecule has 5 nitrogen and oxygen atoms in total. The Hall–Kier alpha value is -6.20. The molecular formula is C48H43Br2N3O2. The van der Waals surface area contributed by atoms with E-state index >= 15 is 0 Å². The summed E-state index contributed by atoms with van der Waals surface area (Å²) in [6.45, 7) is 4.00. The van der Waals surface area contributed by atoms with Crippen LogP contribution in [0, 0.1) is 12.0 Å². The monoisotopic (exact) mass is 851 g/mol. The first-order valence-corrected chi connectivity index (χ1v) is 19.0. The minimum atomic E-state index is -0.0501. The van der Waals surface area contributed by atoms with E-state index in [1.54, 1.807) is 18.2 Å². The van der Waals surface area contributed by atoms with E-state index in [1.807, 2.05) is 184 Å². The summed E-state index contributed by atoms with van der Waals surface area (Å²) >= 11 is 6.64. The van der Waals surface area contributed by atoms with Crippen molar-refractivity contribution in [2.75, 3.05) is 11.5 Å². The molecule has 0 atom stereocenters. The largest absolute Gasteiger partial charge is 0.399 e. The first-order chi connectivity index (χ1) is 26.7. The summed E-state index contributed by atoms with van der Waals surface area (Å²) in [6, 6.07) is 60.9. The lowest BCUT2D eigenvalue weighted by Gasteiger charge is -2.08. The van der Waals surface area contributed by atoms with Crippen molar-refractivity contribution >= 4 is 54.8 Å². The standard InChI is InChI=1S/C19H15NO.C13H9BrO.C8H7N.C6H6BrN.C2H6/c20-18-12-11-16(14-7-3-1-4-8-14)13-17(18)19(21)15-9-5-2-6-10-15;14-12-8-4-7-11(9-12)13(15)10-5-2-1-3-6-10;9-7-6-8-4-2-1-3-5-8;7-5-1-3-6(8)4-2-5;1-2/h1-13H,20H2;1-9H;1-5H,9H2;1-4H,8H2;1-2H3. The highest BCUT2D eigenvalue weighted by Gasteiger charge is 2.13. The van der Waals surface area contributed by atoms with Crippen LogP contribution in [0.4, 0.5) is 11.4 Å². The van der Waals surface area contributed by atoms with Crippen molar-refractivity contribution in [3.8, 4) is 23.1 Å². The van der Waals surface area contributed by atoms with Crippen LogP contribution in [-0.2, 0) is 0 Å². The molecule has 0 aliphatic heterocycles. The Morgan fingerprint density at radius 3 is 1.47 bits per heavy atom. The number of nitrogen functional groups attached to an aromatic ring is 2. The molecule has 0 aromatic heterocycles. The molecule has 0 amide bonds. The van der Waals surface area contributed by atoms with Crippen LogP contribution in [0.5, 0.6) is 0 Å². The van der Waals surface area contributed by atoms with E-state index in [4.69, 9.17) is 17.2 Å². The van der Waals surface area contributed by atoms with Crippen LogP contribution >= 0.6 is 31.9 Å². The van der Waals surface area contributed by atoms with Gasteiger partial charge in [-0.25, -0.2) is 0 Å². The predicted molar refractivity (Wildman–Crippen MR) is 238 cm³/mol. The first kappa shape index (κ1) is 43.2. The summed E-state index contributed by atoms with van der Waals surface area (Å²) in [7, 11) is 0. The van der Waals surface area contributed by atoms with E-state index in [0.717, 1.165) is 36.9 Å². The van der Waals surface area contributed by atoms with Gasteiger partial charge in [0.25, 0.3) is 0 Å². The van der Waals surface area contributed by atoms with Crippen molar-refractivity contribution in [2.24, 2.45) is 5.73 Å². The lowest BCUT2D eigenvalue weighted by molar-refractivity contribution is 0.103. The number of anilines is 2. The summed E-state index contributed by atoms with van der Waals surface area (Å²) < 4.78 is 1.98. The smallest absolute Gasteiger partial charge is 0.195 e. The Bertz CT molecular complexity index is 2230. The van der Waals surface area contributed by atoms with Gasteiger partial charge in [-0.3, -0.25) is 9.59 Å². The maximum absolute atomic E-state index is 12.6. The van der Waals surface area contributed by atoms with Gasteiger partial charge in [-0.05, 0) is 77.7 Å². The van der Waals surface area contributed by atoms with Crippen LogP contribution in [0.25, 0.3) is 11.1 Å². The molecule has 0 radical (unpaired) electrons. The lowest BCUT2D eigenvalue weighted by atomic mass is 9.97. The molecule has 276 valence electrons. The molecule has 0 bridgehead atoms. The molecule has 0 saturated carbocycles. The molecule has 0 saturated heterocycles. The molecular weight excluding hydrogens is 810 g/mol. The zero-order valence-corrected chi connectivity index (χ0v) is 33.9. The van der Waals surface area contributed by atoms with Crippen molar-refractivity contribution in [2.45, 2.75) is 13.8 Å². The van der Waals surface area contributed by atoms with E-state index in [9.17, 15) is 9.59 Å². The molecule has 55 heavy (non-hydrogen) atoms. The Morgan fingerprint density at radius 1 is 0.473 bits per heavy atom. The molecule has 7 rings (SSSR count). The van der Waals surface area contributed by atoms with Gasteiger partial charge < -0.3 is 17.2 Å². The number of halogens is 2. The summed E-state index contributed by atoms with van der Waals surface area (Å²) in [5, 5.41) is 0. The van der Waals surface area contributed by atoms with Gasteiger partial charge in [0.05, 0.1) is 0 Å². The average Bonchev–Trinajstić information content (AvgIpc) is 3.24. The van der Waals surface area contributed by atoms with Gasteiger partial charge in [0.15, 0.2) is 11.6 Å². The summed E-state index contributed by atoms with van der Waals surface area (Å²) in [5.41, 5.74) is 23.3. The molecule has 7 aromatic rings. The van der Waals surface area contributed by atoms with Gasteiger partial charge in [0.1, 0.15) is 0 Å². The molecule has 6 N–H and O–H groups in total. The Labute approximate surface area is 341 Å². The third kappa shape index (κ3) is 15.0. The molecule has 7 aromatic carbocycles. The predicted octanol–water partition coefficient (Wildman–Crippen LogP) is 11.9. The highest BCUT2D eigenvalue weighted by molar-refractivity contribution is 9.10. The second-order valence-corrected chi connectivity index (χ2v) is 13.1. The fraction of sp³-hybridized carbons (Fsp3) is 0.0417. The van der Waals surface area contributed by atoms with Crippen LogP contribution in [-0.4, -0.2) is 11.6 Å². The van der Waals surface area contributed by atoms with Gasteiger partial charge in [0, 0.05) is 54.2 Å². The second-order valence-electron chi connectivity index (χ2n) is 11.3. The third-order valence-corrected chi connectivity index (χ3v) is 8.45. The number of carbonyl (C=O) groups is 2. The molecule has 7 heteroatoms. The topological polar surface area (TPSA) is 112 Å². The van der Waals surface area contributed by atoms with E-state index in [2.05, 4.69) is 43.8 Å². The number of hydrogen-bond donors (Lipinski definition) is 3. The van der Waals surface area contributed by atoms with Crippen molar-refractivity contribution in [1.82, 2.24) is 0 Å². The van der Waals surface area contributed by atoms with Crippen molar-refractivity contribution in [3.63, 3.8) is 0 Å². The number of carbonyl (C=O) groups excluding carboxylic acids is 2. The zero-order valence-electron chi connectivity index (χ0n) is 30.7. The number of hydrogen-bond acceptors (Lipinski definition) is 5. The van der Waals surface area contributed by atoms with Gasteiger partial charge in [-0.2, -0.15) is 0 Å². The van der Waals surface area contributed by atoms with E-state index in [-0.39, 0.29) is 11.6 Å². The summed E-state index contributed by atoms with van der Waals surface area (Å²) in [5.74, 6) is 2.74. The fourth-order valence-corrected chi connectivity index (χ4v) is 5.43. The van der Waals surface area contributed by atoms with Crippen LogP contribution in [0.2, 0.25) is 0 Å². The maximum Gasteiger partial charge on any atom is 0.195 e. The number of benzene rings is 7. The second kappa shape index (κ2) is 24.2. The SMILES string of the molecule is CC.NC#Cc1ccccc1.Nc1ccc(-c2ccccc2)cc1C(=O)c1ccccc1.Nc1ccc(Br)cc1.O=C(c1ccccc1)c1cccc(Br)c1. The highest BCUT2D eigenvalue weighted by atomic mass is 79.9. The fourth-order valence-electron chi connectivity index (χ4n) is 4.76. The van der Waals surface area contributed by atoms with E-state index in [1.165, 1.54) is 0 Å². The van der Waals surface area contributed by atoms with Gasteiger partial charge in [-0.1, -0.05) is 173 Å². The molecule has 0 heterocycles. The Morgan fingerprint density at radius 2 is 0.964 bits per heavy atom.